The minimum absolute atomic E-state index is 0.0981. The zero-order chi connectivity index (χ0) is 27.0. The van der Waals surface area contributed by atoms with Crippen molar-refractivity contribution in [1.29, 1.82) is 0 Å². The second-order valence-corrected chi connectivity index (χ2v) is 13.6. The van der Waals surface area contributed by atoms with Gasteiger partial charge in [0.05, 0.1) is 0 Å². The summed E-state index contributed by atoms with van der Waals surface area (Å²) in [5, 5.41) is 0. The van der Waals surface area contributed by atoms with E-state index in [0.717, 1.165) is 51.0 Å². The lowest BCUT2D eigenvalue weighted by Gasteiger charge is -2.56. The summed E-state index contributed by atoms with van der Waals surface area (Å²) in [7, 11) is 8.48. The molecular weight excluding hydrogens is 434 g/mol. The van der Waals surface area contributed by atoms with Crippen molar-refractivity contribution in [3.05, 3.63) is 0 Å². The van der Waals surface area contributed by atoms with Gasteiger partial charge in [-0.3, -0.25) is 14.8 Å². The van der Waals surface area contributed by atoms with E-state index >= 15 is 0 Å². The first kappa shape index (κ1) is 29.9. The van der Waals surface area contributed by atoms with Crippen LogP contribution in [0.15, 0.2) is 9.98 Å². The van der Waals surface area contributed by atoms with Crippen molar-refractivity contribution in [2.24, 2.45) is 15.7 Å². The molecule has 0 saturated carbocycles. The summed E-state index contributed by atoms with van der Waals surface area (Å²) in [4.78, 5) is 19.3. The highest BCUT2D eigenvalue weighted by Crippen LogP contribution is 2.40. The van der Waals surface area contributed by atoms with Gasteiger partial charge < -0.3 is 15.5 Å². The normalized spacial score (nSPS) is 26.1. The van der Waals surface area contributed by atoms with Gasteiger partial charge in [0, 0.05) is 54.9 Å². The van der Waals surface area contributed by atoms with E-state index in [-0.39, 0.29) is 22.2 Å². The third-order valence-corrected chi connectivity index (χ3v) is 9.34. The number of hydrogen-bond donors (Lipinski definition) is 1. The molecule has 2 saturated heterocycles. The molecule has 7 heteroatoms. The van der Waals surface area contributed by atoms with Crippen molar-refractivity contribution in [2.45, 2.75) is 135 Å². The topological polar surface area (TPSA) is 63.7 Å². The van der Waals surface area contributed by atoms with Crippen LogP contribution < -0.4 is 5.73 Å². The molecule has 7 nitrogen and oxygen atoms in total. The standard InChI is InChI=1S/C28H57N7/c1-14-15-16-35(22-19-27(6,7)34(13)28(8,9)20-22)23(29)31-24(30-10)32(11)21-17-25(2,3)33(12)26(4,5)18-21/h21-22H,14-20H2,1-13H3,(H2,29,30,31). The third kappa shape index (κ3) is 6.51. The number of aliphatic imine (C=N–C) groups is 2. The molecule has 204 valence electrons. The van der Waals surface area contributed by atoms with Gasteiger partial charge >= 0.3 is 0 Å². The number of piperidine rings is 2. The fourth-order valence-electron chi connectivity index (χ4n) is 6.56. The second-order valence-electron chi connectivity index (χ2n) is 13.6. The maximum absolute atomic E-state index is 6.82. The summed E-state index contributed by atoms with van der Waals surface area (Å²) in [5.74, 6) is 1.34. The number of likely N-dealkylation sites (tertiary alicyclic amines) is 2. The number of hydrogen-bond acceptors (Lipinski definition) is 3. The van der Waals surface area contributed by atoms with Crippen molar-refractivity contribution in [3.63, 3.8) is 0 Å². The van der Waals surface area contributed by atoms with Crippen molar-refractivity contribution in [1.82, 2.24) is 19.6 Å². The lowest BCUT2D eigenvalue weighted by molar-refractivity contribution is -0.0349. The van der Waals surface area contributed by atoms with Gasteiger partial charge in [-0.25, -0.2) is 0 Å². The van der Waals surface area contributed by atoms with Crippen LogP contribution in [0.5, 0.6) is 0 Å². The molecule has 2 aliphatic rings. The van der Waals surface area contributed by atoms with E-state index in [1.807, 2.05) is 7.05 Å². The molecule has 0 bridgehead atoms. The zero-order valence-corrected chi connectivity index (χ0v) is 25.4. The molecule has 0 aromatic heterocycles. The van der Waals surface area contributed by atoms with Gasteiger partial charge in [0.15, 0.2) is 5.96 Å². The maximum Gasteiger partial charge on any atom is 0.223 e. The Hall–Kier alpha value is -1.34. The average molecular weight is 492 g/mol. The summed E-state index contributed by atoms with van der Waals surface area (Å²) in [6.45, 7) is 21.9. The average Bonchev–Trinajstić information content (AvgIpc) is 2.73. The van der Waals surface area contributed by atoms with Crippen molar-refractivity contribution in [2.75, 3.05) is 34.7 Å². The van der Waals surface area contributed by atoms with Gasteiger partial charge in [-0.15, -0.1) is 0 Å². The van der Waals surface area contributed by atoms with Crippen LogP contribution >= 0.6 is 0 Å². The molecule has 0 aromatic carbocycles. The molecule has 0 amide bonds. The summed E-state index contributed by atoms with van der Waals surface area (Å²) < 4.78 is 0. The van der Waals surface area contributed by atoms with Crippen molar-refractivity contribution >= 4 is 11.9 Å². The predicted octanol–water partition coefficient (Wildman–Crippen LogP) is 4.62. The molecule has 2 fully saturated rings. The lowest BCUT2D eigenvalue weighted by atomic mass is 9.77. The molecule has 0 atom stereocenters. The van der Waals surface area contributed by atoms with E-state index < -0.39 is 0 Å². The summed E-state index contributed by atoms with van der Waals surface area (Å²) >= 11 is 0. The van der Waals surface area contributed by atoms with Gasteiger partial charge in [-0.1, -0.05) is 13.3 Å². The molecule has 2 heterocycles. The Morgan fingerprint density at radius 1 is 0.829 bits per heavy atom. The van der Waals surface area contributed by atoms with E-state index in [2.05, 4.69) is 108 Å². The number of unbranched alkanes of at least 4 members (excludes halogenated alkanes) is 1. The van der Waals surface area contributed by atoms with Crippen LogP contribution in [0.2, 0.25) is 0 Å². The number of guanidine groups is 2. The van der Waals surface area contributed by atoms with Crippen molar-refractivity contribution < 1.29 is 0 Å². The van der Waals surface area contributed by atoms with Crippen LogP contribution in [0.3, 0.4) is 0 Å². The Labute approximate surface area is 217 Å². The van der Waals surface area contributed by atoms with Gasteiger partial charge in [0.2, 0.25) is 5.96 Å². The Kier molecular flexibility index (Phi) is 9.02. The van der Waals surface area contributed by atoms with Crippen molar-refractivity contribution in [3.8, 4) is 0 Å². The predicted molar refractivity (Wildman–Crippen MR) is 152 cm³/mol. The fourth-order valence-corrected chi connectivity index (χ4v) is 6.56. The van der Waals surface area contributed by atoms with E-state index in [0.29, 0.717) is 18.0 Å². The highest BCUT2D eigenvalue weighted by Gasteiger charge is 2.46. The zero-order valence-electron chi connectivity index (χ0n) is 25.4. The molecule has 0 spiro atoms. The van der Waals surface area contributed by atoms with Crippen LogP contribution in [-0.2, 0) is 0 Å². The van der Waals surface area contributed by atoms with Gasteiger partial charge in [-0.2, -0.15) is 4.99 Å². The van der Waals surface area contributed by atoms with E-state index in [1.54, 1.807) is 0 Å². The van der Waals surface area contributed by atoms with Gasteiger partial charge in [0.25, 0.3) is 0 Å². The fraction of sp³-hybridized carbons (Fsp3) is 0.929. The quantitative estimate of drug-likeness (QED) is 0.449. The maximum atomic E-state index is 6.82. The smallest absolute Gasteiger partial charge is 0.223 e. The summed E-state index contributed by atoms with van der Waals surface area (Å²) in [6, 6.07) is 0.716. The number of nitrogens with zero attached hydrogens (tertiary/aromatic N) is 6. The van der Waals surface area contributed by atoms with Crippen LogP contribution in [0.25, 0.3) is 0 Å². The molecule has 2 N–H and O–H groups in total. The number of nitrogens with two attached hydrogens (primary N) is 1. The van der Waals surface area contributed by atoms with E-state index in [1.165, 1.54) is 0 Å². The second kappa shape index (κ2) is 10.6. The van der Waals surface area contributed by atoms with Crippen LogP contribution in [-0.4, -0.2) is 100 Å². The first-order chi connectivity index (χ1) is 15.9. The minimum atomic E-state index is 0.0981. The first-order valence-electron chi connectivity index (χ1n) is 13.7. The summed E-state index contributed by atoms with van der Waals surface area (Å²) in [5.41, 5.74) is 7.23. The molecule has 0 unspecified atom stereocenters. The van der Waals surface area contributed by atoms with Crippen LogP contribution in [0.4, 0.5) is 0 Å². The largest absolute Gasteiger partial charge is 0.369 e. The Morgan fingerprint density at radius 3 is 1.60 bits per heavy atom. The van der Waals surface area contributed by atoms with Crippen LogP contribution in [0.1, 0.15) is 101 Å². The third-order valence-electron chi connectivity index (χ3n) is 9.34. The molecule has 35 heavy (non-hydrogen) atoms. The highest BCUT2D eigenvalue weighted by molar-refractivity contribution is 5.94. The molecular formula is C28H57N7. The molecule has 2 aliphatic heterocycles. The Bertz CT molecular complexity index is 744. The monoisotopic (exact) mass is 491 g/mol. The first-order valence-corrected chi connectivity index (χ1v) is 13.7. The molecule has 0 aromatic rings. The van der Waals surface area contributed by atoms with Gasteiger partial charge in [-0.05, 0) is 102 Å². The molecule has 0 radical (unpaired) electrons. The van der Waals surface area contributed by atoms with E-state index in [4.69, 9.17) is 10.7 Å². The molecule has 0 aliphatic carbocycles. The van der Waals surface area contributed by atoms with Gasteiger partial charge in [0.1, 0.15) is 0 Å². The number of rotatable bonds is 5. The lowest BCUT2D eigenvalue weighted by Crippen LogP contribution is -2.64. The highest BCUT2D eigenvalue weighted by atomic mass is 15.4. The SMILES string of the molecule is CCCCN(C(N)=NC(=NC)N(C)C1CC(C)(C)N(C)C(C)(C)C1)C1CC(C)(C)N(C)C(C)(C)C1. The Balaban J connectivity index is 2.33. The Morgan fingerprint density at radius 2 is 1.23 bits per heavy atom. The minimum Gasteiger partial charge on any atom is -0.369 e. The molecule has 2 rings (SSSR count). The van der Waals surface area contributed by atoms with E-state index in [9.17, 15) is 0 Å². The van der Waals surface area contributed by atoms with Crippen LogP contribution in [0, 0.1) is 0 Å². The summed E-state index contributed by atoms with van der Waals surface area (Å²) in [6.07, 6.45) is 6.51.